The third-order valence-corrected chi connectivity index (χ3v) is 4.55. The van der Waals surface area contributed by atoms with E-state index in [2.05, 4.69) is 19.1 Å². The normalized spacial score (nSPS) is 21.0. The lowest BCUT2D eigenvalue weighted by atomic mass is 9.90. The van der Waals surface area contributed by atoms with Crippen LogP contribution in [-0.2, 0) is 16.0 Å². The van der Waals surface area contributed by atoms with Gasteiger partial charge in [-0.3, -0.25) is 9.59 Å². The van der Waals surface area contributed by atoms with E-state index in [1.165, 1.54) is 11.1 Å². The monoisotopic (exact) mass is 286 g/mol. The lowest BCUT2D eigenvalue weighted by Crippen LogP contribution is -2.55. The van der Waals surface area contributed by atoms with E-state index in [9.17, 15) is 9.59 Å². The Bertz CT molecular complexity index is 555. The number of amides is 2. The van der Waals surface area contributed by atoms with Gasteiger partial charge in [0.15, 0.2) is 0 Å². The first-order chi connectivity index (χ1) is 10.2. The number of rotatable bonds is 3. The van der Waals surface area contributed by atoms with Crippen LogP contribution in [0.1, 0.15) is 43.4 Å². The lowest BCUT2D eigenvalue weighted by Gasteiger charge is -2.44. The van der Waals surface area contributed by atoms with Gasteiger partial charge in [-0.2, -0.15) is 0 Å². The number of fused-ring (bicyclic) bond motifs is 3. The number of hydrogen-bond donors (Lipinski definition) is 0. The van der Waals surface area contributed by atoms with Crippen molar-refractivity contribution in [3.63, 3.8) is 0 Å². The summed E-state index contributed by atoms with van der Waals surface area (Å²) >= 11 is 0. The van der Waals surface area contributed by atoms with Crippen LogP contribution in [-0.4, -0.2) is 41.2 Å². The summed E-state index contributed by atoms with van der Waals surface area (Å²) in [7, 11) is 0. The van der Waals surface area contributed by atoms with Gasteiger partial charge in [-0.1, -0.05) is 37.6 Å². The van der Waals surface area contributed by atoms with Crippen molar-refractivity contribution in [2.45, 2.75) is 38.6 Å². The smallest absolute Gasteiger partial charge is 0.242 e. The van der Waals surface area contributed by atoms with Crippen LogP contribution < -0.4 is 0 Å². The maximum absolute atomic E-state index is 12.4. The molecule has 2 amide bonds. The van der Waals surface area contributed by atoms with E-state index in [0.717, 1.165) is 25.8 Å². The molecular formula is C17H22N2O2. The number of carbonyl (C=O) groups is 2. The Balaban J connectivity index is 1.81. The molecule has 2 heterocycles. The van der Waals surface area contributed by atoms with Crippen molar-refractivity contribution < 1.29 is 9.59 Å². The summed E-state index contributed by atoms with van der Waals surface area (Å²) in [5, 5.41) is 0. The molecule has 0 radical (unpaired) electrons. The Hall–Kier alpha value is -1.84. The molecule has 0 spiro atoms. The molecule has 1 aromatic carbocycles. The summed E-state index contributed by atoms with van der Waals surface area (Å²) in [5.41, 5.74) is 2.53. The second kappa shape index (κ2) is 5.88. The SMILES string of the molecule is CCCCC(=O)N1CC(=O)N2CCc3ccccc3[C@H]2C1. The van der Waals surface area contributed by atoms with E-state index in [1.807, 2.05) is 17.0 Å². The highest BCUT2D eigenvalue weighted by Gasteiger charge is 2.37. The summed E-state index contributed by atoms with van der Waals surface area (Å²) in [4.78, 5) is 28.3. The maximum atomic E-state index is 12.4. The van der Waals surface area contributed by atoms with E-state index >= 15 is 0 Å². The Morgan fingerprint density at radius 3 is 2.95 bits per heavy atom. The van der Waals surface area contributed by atoms with Gasteiger partial charge in [0.25, 0.3) is 0 Å². The summed E-state index contributed by atoms with van der Waals surface area (Å²) in [6.45, 7) is 3.75. The van der Waals surface area contributed by atoms with Gasteiger partial charge in [0.1, 0.15) is 0 Å². The number of piperazine rings is 1. The number of carbonyl (C=O) groups excluding carboxylic acids is 2. The number of unbranched alkanes of at least 4 members (excludes halogenated alkanes) is 1. The van der Waals surface area contributed by atoms with Crippen LogP contribution in [0, 0.1) is 0 Å². The molecular weight excluding hydrogens is 264 g/mol. The predicted molar refractivity (Wildman–Crippen MR) is 80.7 cm³/mol. The van der Waals surface area contributed by atoms with Crippen LogP contribution in [0.2, 0.25) is 0 Å². The molecule has 0 unspecified atom stereocenters. The summed E-state index contributed by atoms with van der Waals surface area (Å²) in [6.07, 6.45) is 3.38. The highest BCUT2D eigenvalue weighted by Crippen LogP contribution is 2.33. The Morgan fingerprint density at radius 2 is 2.14 bits per heavy atom. The van der Waals surface area contributed by atoms with Gasteiger partial charge in [-0.15, -0.1) is 0 Å². The first kappa shape index (κ1) is 14.1. The van der Waals surface area contributed by atoms with E-state index in [0.29, 0.717) is 13.0 Å². The van der Waals surface area contributed by atoms with Crippen molar-refractivity contribution in [2.24, 2.45) is 0 Å². The molecule has 0 saturated carbocycles. The Morgan fingerprint density at radius 1 is 1.33 bits per heavy atom. The van der Waals surface area contributed by atoms with Gasteiger partial charge >= 0.3 is 0 Å². The van der Waals surface area contributed by atoms with Crippen LogP contribution >= 0.6 is 0 Å². The van der Waals surface area contributed by atoms with Gasteiger partial charge in [-0.25, -0.2) is 0 Å². The van der Waals surface area contributed by atoms with E-state index < -0.39 is 0 Å². The molecule has 112 valence electrons. The molecule has 1 atom stereocenters. The zero-order valence-electron chi connectivity index (χ0n) is 12.5. The molecule has 2 aliphatic heterocycles. The molecule has 0 aromatic heterocycles. The zero-order valence-corrected chi connectivity index (χ0v) is 12.5. The van der Waals surface area contributed by atoms with Crippen molar-refractivity contribution in [2.75, 3.05) is 19.6 Å². The number of benzene rings is 1. The molecule has 1 saturated heterocycles. The highest BCUT2D eigenvalue weighted by molar-refractivity contribution is 5.86. The minimum absolute atomic E-state index is 0.0433. The summed E-state index contributed by atoms with van der Waals surface area (Å²) in [6, 6.07) is 8.34. The van der Waals surface area contributed by atoms with Gasteiger partial charge in [0.2, 0.25) is 11.8 Å². The molecule has 0 aliphatic carbocycles. The highest BCUT2D eigenvalue weighted by atomic mass is 16.2. The van der Waals surface area contributed by atoms with Gasteiger partial charge in [-0.05, 0) is 24.0 Å². The van der Waals surface area contributed by atoms with Crippen molar-refractivity contribution in [1.82, 2.24) is 9.80 Å². The molecule has 0 bridgehead atoms. The lowest BCUT2D eigenvalue weighted by molar-refractivity contribution is -0.149. The van der Waals surface area contributed by atoms with Gasteiger partial charge in [0, 0.05) is 19.5 Å². The van der Waals surface area contributed by atoms with Crippen LogP contribution in [0.15, 0.2) is 24.3 Å². The van der Waals surface area contributed by atoms with Crippen LogP contribution in [0.25, 0.3) is 0 Å². The van der Waals surface area contributed by atoms with Crippen molar-refractivity contribution in [1.29, 1.82) is 0 Å². The predicted octanol–water partition coefficient (Wildman–Crippen LogP) is 2.14. The third kappa shape index (κ3) is 2.67. The quantitative estimate of drug-likeness (QED) is 0.854. The topological polar surface area (TPSA) is 40.6 Å². The van der Waals surface area contributed by atoms with Gasteiger partial charge < -0.3 is 9.80 Å². The first-order valence-corrected chi connectivity index (χ1v) is 7.85. The third-order valence-electron chi connectivity index (χ3n) is 4.55. The minimum Gasteiger partial charge on any atom is -0.332 e. The zero-order chi connectivity index (χ0) is 14.8. The average Bonchev–Trinajstić information content (AvgIpc) is 2.52. The second-order valence-corrected chi connectivity index (χ2v) is 5.93. The minimum atomic E-state index is 0.0433. The van der Waals surface area contributed by atoms with Crippen LogP contribution in [0.3, 0.4) is 0 Å². The molecule has 21 heavy (non-hydrogen) atoms. The van der Waals surface area contributed by atoms with E-state index in [4.69, 9.17) is 0 Å². The average molecular weight is 286 g/mol. The largest absolute Gasteiger partial charge is 0.332 e. The molecule has 1 fully saturated rings. The molecule has 0 N–H and O–H groups in total. The Labute approximate surface area is 125 Å². The summed E-state index contributed by atoms with van der Waals surface area (Å²) < 4.78 is 0. The van der Waals surface area contributed by atoms with Crippen molar-refractivity contribution >= 4 is 11.8 Å². The van der Waals surface area contributed by atoms with Crippen LogP contribution in [0.4, 0.5) is 0 Å². The Kier molecular flexibility index (Phi) is 3.95. The second-order valence-electron chi connectivity index (χ2n) is 5.93. The van der Waals surface area contributed by atoms with E-state index in [-0.39, 0.29) is 24.4 Å². The number of hydrogen-bond acceptors (Lipinski definition) is 2. The molecule has 2 aliphatic rings. The van der Waals surface area contributed by atoms with E-state index in [1.54, 1.807) is 4.90 Å². The number of nitrogens with zero attached hydrogens (tertiary/aromatic N) is 2. The standard InChI is InChI=1S/C17H22N2O2/c1-2-3-8-16(20)18-11-15-14-7-5-4-6-13(14)9-10-19(15)17(21)12-18/h4-7,15H,2-3,8-12H2,1H3/t15-/m1/s1. The molecule has 4 nitrogen and oxygen atoms in total. The summed E-state index contributed by atoms with van der Waals surface area (Å²) in [5.74, 6) is 0.207. The fourth-order valence-electron chi connectivity index (χ4n) is 3.35. The maximum Gasteiger partial charge on any atom is 0.242 e. The van der Waals surface area contributed by atoms with Crippen LogP contribution in [0.5, 0.6) is 0 Å². The molecule has 1 aromatic rings. The molecule has 4 heteroatoms. The first-order valence-electron chi connectivity index (χ1n) is 7.85. The van der Waals surface area contributed by atoms with Crippen molar-refractivity contribution in [3.05, 3.63) is 35.4 Å². The fraction of sp³-hybridized carbons (Fsp3) is 0.529. The van der Waals surface area contributed by atoms with Gasteiger partial charge in [0.05, 0.1) is 12.6 Å². The van der Waals surface area contributed by atoms with Crippen molar-refractivity contribution in [3.8, 4) is 0 Å². The molecule has 3 rings (SSSR count). The fourth-order valence-corrected chi connectivity index (χ4v) is 3.35.